The third-order valence-electron chi connectivity index (χ3n) is 12.9. The van der Waals surface area contributed by atoms with Gasteiger partial charge in [-0.1, -0.05) is 139 Å². The Labute approximate surface area is 451 Å². The summed E-state index contributed by atoms with van der Waals surface area (Å²) in [6.45, 7) is 6.42. The van der Waals surface area contributed by atoms with Gasteiger partial charge in [0.1, 0.15) is 32.0 Å². The molecule has 4 atom stereocenters. The van der Waals surface area contributed by atoms with Gasteiger partial charge in [0.2, 0.25) is 0 Å². The van der Waals surface area contributed by atoms with Gasteiger partial charge in [0.05, 0.1) is 48.7 Å². The minimum absolute atomic E-state index is 0.0560. The molecule has 0 aromatic heterocycles. The molecular weight excluding hydrogens is 1000 g/mol. The van der Waals surface area contributed by atoms with Gasteiger partial charge in [-0.25, -0.2) is 0 Å². The normalized spacial score (nSPS) is 13.5. The van der Waals surface area contributed by atoms with Crippen molar-refractivity contribution < 1.29 is 71.0 Å². The zero-order valence-electron chi connectivity index (χ0n) is 46.7. The largest absolute Gasteiger partial charge is 0.756 e. The molecule has 430 valence electrons. The van der Waals surface area contributed by atoms with E-state index >= 15 is 0 Å². The molecule has 0 bridgehead atoms. The summed E-state index contributed by atoms with van der Waals surface area (Å²) >= 11 is 0. The van der Waals surface area contributed by atoms with Crippen LogP contribution < -0.4 is 4.89 Å². The van der Waals surface area contributed by atoms with Crippen LogP contribution in [0.2, 0.25) is 0 Å². The van der Waals surface area contributed by atoms with Crippen LogP contribution in [0.4, 0.5) is 11.4 Å². The Hall–Kier alpha value is -4.81. The Bertz CT molecular complexity index is 2110. The number of carbonyl (C=O) groups excluding carboxylic acids is 4. The molecule has 0 fully saturated rings. The number of phosphoric ester groups is 1. The van der Waals surface area contributed by atoms with E-state index in [4.69, 9.17) is 28.0 Å². The van der Waals surface area contributed by atoms with E-state index in [-0.39, 0.29) is 62.2 Å². The first-order valence-electron chi connectivity index (χ1n) is 27.7. The summed E-state index contributed by atoms with van der Waals surface area (Å²) in [6, 6.07) is 9.56. The van der Waals surface area contributed by atoms with Crippen molar-refractivity contribution in [3.63, 3.8) is 0 Å². The van der Waals surface area contributed by atoms with Gasteiger partial charge in [-0.2, -0.15) is 0 Å². The van der Waals surface area contributed by atoms with Gasteiger partial charge < -0.3 is 37.4 Å². The van der Waals surface area contributed by atoms with Gasteiger partial charge in [0.25, 0.3) is 19.2 Å². The molecule has 76 heavy (non-hydrogen) atoms. The number of nitro benzene ring substituents is 2. The molecule has 0 amide bonds. The number of carbonyl (C=O) groups is 4. The highest BCUT2D eigenvalue weighted by molar-refractivity contribution is 7.45. The van der Waals surface area contributed by atoms with Crippen LogP contribution in [-0.2, 0) is 51.7 Å². The minimum Gasteiger partial charge on any atom is -0.756 e. The molecule has 2 aromatic carbocycles. The van der Waals surface area contributed by atoms with Gasteiger partial charge in [-0.3, -0.25) is 44.0 Å². The topological polar surface area (TPSA) is 250 Å². The number of esters is 4. The van der Waals surface area contributed by atoms with Crippen LogP contribution >= 0.6 is 7.82 Å². The lowest BCUT2D eigenvalue weighted by Gasteiger charge is -2.28. The average molecular weight is 1090 g/mol. The smallest absolute Gasteiger partial charge is 0.306 e. The number of nitrogens with zero attached hydrogens (tertiary/aromatic N) is 3. The van der Waals surface area contributed by atoms with Crippen molar-refractivity contribution in [3.05, 3.63) is 78.9 Å². The standard InChI is InChI=1S/C56H90N3O16P/c1-44-34-36-51(57(64)65)49(40-44)46(3)73-54(61)31-27-23-19-15-11-8-10-14-18-22-26-30-53(60)70-42-48(43-72-76(68,69)71-39-38-59(5,6)7)75-56(63)33-29-25-21-17-13-9-12-16-20-24-28-32-55(62)74-47(4)50-41-45(2)35-37-52(50)58(66)67/h34-37,40-41,46-48H,8-33,38-39,42-43H2,1-7H3/t46?,47?,48-/m1/s1. The Kier molecular flexibility index (Phi) is 33.5. The first-order valence-corrected chi connectivity index (χ1v) is 29.2. The van der Waals surface area contributed by atoms with Crippen molar-refractivity contribution in [2.24, 2.45) is 0 Å². The average Bonchev–Trinajstić information content (AvgIpc) is 3.34. The van der Waals surface area contributed by atoms with Crippen LogP contribution in [0.5, 0.6) is 0 Å². The van der Waals surface area contributed by atoms with Gasteiger partial charge in [-0.05, 0) is 65.5 Å². The Morgan fingerprint density at radius 3 is 1.18 bits per heavy atom. The van der Waals surface area contributed by atoms with Gasteiger partial charge in [0.15, 0.2) is 6.10 Å². The van der Waals surface area contributed by atoms with Gasteiger partial charge in [-0.15, -0.1) is 0 Å². The Morgan fingerprint density at radius 1 is 0.513 bits per heavy atom. The fourth-order valence-electron chi connectivity index (χ4n) is 8.49. The molecule has 2 rings (SSSR count). The number of ether oxygens (including phenoxy) is 4. The third kappa shape index (κ3) is 32.1. The number of quaternary nitrogens is 1. The zero-order chi connectivity index (χ0) is 56.4. The monoisotopic (exact) mass is 1090 g/mol. The SMILES string of the molecule is Cc1ccc([N+](=O)[O-])c(C(C)OC(=O)CCCCCCCCCCCCCC(=O)OC[C@H](COP(=O)([O-])OCC[N+](C)(C)C)OC(=O)CCCCCCCCCCCCCC(=O)OC(C)c2cc(C)ccc2[N+](=O)[O-])c1. The van der Waals surface area contributed by atoms with E-state index in [0.29, 0.717) is 47.8 Å². The summed E-state index contributed by atoms with van der Waals surface area (Å²) in [5, 5.41) is 22.8. The summed E-state index contributed by atoms with van der Waals surface area (Å²) in [5.74, 6) is -1.72. The first-order chi connectivity index (χ1) is 36.1. The summed E-state index contributed by atoms with van der Waals surface area (Å²) in [7, 11) is 0.971. The fraction of sp³-hybridized carbons (Fsp3) is 0.714. The second-order valence-corrected chi connectivity index (χ2v) is 22.5. The molecule has 19 nitrogen and oxygen atoms in total. The van der Waals surface area contributed by atoms with Crippen molar-refractivity contribution in [2.45, 2.75) is 213 Å². The third-order valence-corrected chi connectivity index (χ3v) is 13.9. The molecule has 3 unspecified atom stereocenters. The summed E-state index contributed by atoms with van der Waals surface area (Å²) < 4.78 is 45.0. The molecule has 0 saturated carbocycles. The number of aryl methyl sites for hydroxylation is 2. The highest BCUT2D eigenvalue weighted by atomic mass is 31.2. The second kappa shape index (κ2) is 37.9. The molecule has 0 spiro atoms. The van der Waals surface area contributed by atoms with Crippen LogP contribution in [0, 0.1) is 34.1 Å². The molecule has 20 heteroatoms. The molecule has 0 aliphatic rings. The number of likely N-dealkylation sites (N-methyl/N-ethyl adjacent to an activating group) is 1. The van der Waals surface area contributed by atoms with Gasteiger partial charge in [0, 0.05) is 37.8 Å². The predicted molar refractivity (Wildman–Crippen MR) is 288 cm³/mol. The van der Waals surface area contributed by atoms with E-state index in [1.165, 1.54) is 12.1 Å². The van der Waals surface area contributed by atoms with Crippen molar-refractivity contribution >= 4 is 43.1 Å². The molecule has 0 radical (unpaired) electrons. The van der Waals surface area contributed by atoms with Crippen LogP contribution in [0.25, 0.3) is 0 Å². The quantitative estimate of drug-likeness (QED) is 0.0114. The predicted octanol–water partition coefficient (Wildman–Crippen LogP) is 12.8. The number of unbranched alkanes of at least 4 members (excludes halogenated alkanes) is 20. The Balaban J connectivity index is 1.57. The highest BCUT2D eigenvalue weighted by Crippen LogP contribution is 2.38. The van der Waals surface area contributed by atoms with E-state index in [9.17, 15) is 48.9 Å². The molecule has 0 aliphatic carbocycles. The van der Waals surface area contributed by atoms with Crippen LogP contribution in [-0.4, -0.2) is 91.8 Å². The number of phosphoric acid groups is 1. The number of hydrogen-bond donors (Lipinski definition) is 0. The molecule has 0 heterocycles. The fourth-order valence-corrected chi connectivity index (χ4v) is 9.22. The van der Waals surface area contributed by atoms with Crippen molar-refractivity contribution in [1.82, 2.24) is 0 Å². The number of benzene rings is 2. The van der Waals surface area contributed by atoms with E-state index < -0.39 is 54.5 Å². The van der Waals surface area contributed by atoms with E-state index in [0.717, 1.165) is 127 Å². The lowest BCUT2D eigenvalue weighted by molar-refractivity contribution is -0.870. The first kappa shape index (κ1) is 67.3. The minimum atomic E-state index is -4.71. The molecular formula is C56H90N3O16P. The highest BCUT2D eigenvalue weighted by Gasteiger charge is 2.25. The van der Waals surface area contributed by atoms with Crippen molar-refractivity contribution in [1.29, 1.82) is 0 Å². The van der Waals surface area contributed by atoms with Crippen LogP contribution in [0.1, 0.15) is 215 Å². The lowest BCUT2D eigenvalue weighted by Crippen LogP contribution is -2.37. The van der Waals surface area contributed by atoms with Crippen molar-refractivity contribution in [2.75, 3.05) is 47.5 Å². The number of rotatable bonds is 44. The maximum absolute atomic E-state index is 12.8. The van der Waals surface area contributed by atoms with Crippen molar-refractivity contribution in [3.8, 4) is 0 Å². The Morgan fingerprint density at radius 2 is 0.842 bits per heavy atom. The lowest BCUT2D eigenvalue weighted by atomic mass is 10.0. The summed E-state index contributed by atoms with van der Waals surface area (Å²) in [6.07, 6.45) is 19.1. The molecule has 0 aliphatic heterocycles. The molecule has 0 N–H and O–H groups in total. The van der Waals surface area contributed by atoms with E-state index in [1.807, 2.05) is 35.0 Å². The van der Waals surface area contributed by atoms with E-state index in [2.05, 4.69) is 0 Å². The maximum Gasteiger partial charge on any atom is 0.306 e. The van der Waals surface area contributed by atoms with Crippen LogP contribution in [0.15, 0.2) is 36.4 Å². The molecule has 0 saturated heterocycles. The zero-order valence-corrected chi connectivity index (χ0v) is 47.6. The van der Waals surface area contributed by atoms with Gasteiger partial charge >= 0.3 is 23.9 Å². The molecule has 2 aromatic rings. The second-order valence-electron chi connectivity index (χ2n) is 21.1. The van der Waals surface area contributed by atoms with E-state index in [1.54, 1.807) is 38.1 Å². The number of hydrogen-bond acceptors (Lipinski definition) is 16. The number of nitro groups is 2. The summed E-state index contributed by atoms with van der Waals surface area (Å²) in [4.78, 5) is 84.5. The van der Waals surface area contributed by atoms with Crippen LogP contribution in [0.3, 0.4) is 0 Å². The maximum atomic E-state index is 12.8. The summed E-state index contributed by atoms with van der Waals surface area (Å²) in [5.41, 5.74) is 2.39.